The largest absolute Gasteiger partial charge is 0.446 e. The van der Waals surface area contributed by atoms with Crippen molar-refractivity contribution in [3.8, 4) is 0 Å². The number of anilines is 1. The molecule has 0 spiro atoms. The van der Waals surface area contributed by atoms with Crippen LogP contribution in [-0.4, -0.2) is 8.42 Å². The Labute approximate surface area is 124 Å². The number of nitrogens with two attached hydrogens (primary N) is 1. The van der Waals surface area contributed by atoms with Crippen LogP contribution in [0.2, 0.25) is 0 Å². The first-order chi connectivity index (χ1) is 10.0. The number of benzene rings is 1. The summed E-state index contributed by atoms with van der Waals surface area (Å²) in [6, 6.07) is 9.28. The lowest BCUT2D eigenvalue weighted by Gasteiger charge is -2.19. The second-order valence-electron chi connectivity index (χ2n) is 5.27. The second kappa shape index (κ2) is 5.54. The minimum Gasteiger partial charge on any atom is -0.446 e. The Kier molecular flexibility index (Phi) is 3.73. The van der Waals surface area contributed by atoms with Crippen LogP contribution in [0.5, 0.6) is 0 Å². The fourth-order valence-electron chi connectivity index (χ4n) is 2.74. The van der Waals surface area contributed by atoms with E-state index in [1.54, 1.807) is 6.07 Å². The summed E-state index contributed by atoms with van der Waals surface area (Å²) in [5.41, 5.74) is 3.86. The molecule has 112 valence electrons. The van der Waals surface area contributed by atoms with E-state index in [4.69, 9.17) is 9.56 Å². The normalized spacial score (nSPS) is 14.7. The van der Waals surface area contributed by atoms with Crippen molar-refractivity contribution < 1.29 is 12.8 Å². The average Bonchev–Trinajstić information content (AvgIpc) is 2.94. The third kappa shape index (κ3) is 3.11. The topological polar surface area (TPSA) is 85.3 Å². The van der Waals surface area contributed by atoms with Crippen molar-refractivity contribution in [2.24, 2.45) is 5.14 Å². The molecule has 0 fully saturated rings. The zero-order valence-corrected chi connectivity index (χ0v) is 12.4. The lowest BCUT2D eigenvalue weighted by Crippen LogP contribution is -2.11. The van der Waals surface area contributed by atoms with E-state index in [-0.39, 0.29) is 5.09 Å². The van der Waals surface area contributed by atoms with Crippen LogP contribution in [0.3, 0.4) is 0 Å². The molecule has 1 aromatic heterocycles. The fraction of sp³-hybridized carbons (Fsp3) is 0.333. The molecule has 0 aliphatic heterocycles. The molecule has 0 unspecified atom stereocenters. The number of hydrogen-bond donors (Lipinski definition) is 2. The zero-order chi connectivity index (χ0) is 14.9. The van der Waals surface area contributed by atoms with Crippen molar-refractivity contribution in [3.63, 3.8) is 0 Å². The highest BCUT2D eigenvalue weighted by molar-refractivity contribution is 7.89. The van der Waals surface area contributed by atoms with Crippen molar-refractivity contribution >= 4 is 15.7 Å². The van der Waals surface area contributed by atoms with Gasteiger partial charge in [0.1, 0.15) is 5.76 Å². The molecular formula is C15H18N2O3S. The predicted octanol–water partition coefficient (Wildman–Crippen LogP) is 2.42. The monoisotopic (exact) mass is 306 g/mol. The molecule has 3 N–H and O–H groups in total. The Bertz CT molecular complexity index is 750. The van der Waals surface area contributed by atoms with Crippen LogP contribution in [0.25, 0.3) is 0 Å². The summed E-state index contributed by atoms with van der Waals surface area (Å²) >= 11 is 0. The van der Waals surface area contributed by atoms with Gasteiger partial charge in [0, 0.05) is 5.69 Å². The molecule has 1 aromatic carbocycles. The Morgan fingerprint density at radius 2 is 1.95 bits per heavy atom. The second-order valence-corrected chi connectivity index (χ2v) is 6.76. The van der Waals surface area contributed by atoms with Gasteiger partial charge in [0.15, 0.2) is 0 Å². The number of rotatable bonds is 4. The van der Waals surface area contributed by atoms with Crippen LogP contribution in [0, 0.1) is 0 Å². The summed E-state index contributed by atoms with van der Waals surface area (Å²) < 4.78 is 27.6. The maximum absolute atomic E-state index is 11.2. The Balaban J connectivity index is 1.75. The minimum absolute atomic E-state index is 0.200. The number of hydrogen-bond acceptors (Lipinski definition) is 4. The molecule has 0 amide bonds. The van der Waals surface area contributed by atoms with Gasteiger partial charge < -0.3 is 9.73 Å². The van der Waals surface area contributed by atoms with Crippen LogP contribution in [0.15, 0.2) is 39.8 Å². The van der Waals surface area contributed by atoms with Gasteiger partial charge in [0.2, 0.25) is 5.09 Å². The van der Waals surface area contributed by atoms with Crippen molar-refractivity contribution in [2.75, 3.05) is 5.32 Å². The smallest absolute Gasteiger partial charge is 0.271 e. The van der Waals surface area contributed by atoms with Crippen LogP contribution in [-0.2, 0) is 29.4 Å². The van der Waals surface area contributed by atoms with Crippen molar-refractivity contribution in [1.82, 2.24) is 0 Å². The third-order valence-electron chi connectivity index (χ3n) is 3.77. The Hall–Kier alpha value is -1.79. The molecule has 3 rings (SSSR count). The molecule has 2 aromatic rings. The molecule has 5 nitrogen and oxygen atoms in total. The van der Waals surface area contributed by atoms with E-state index in [2.05, 4.69) is 11.4 Å². The van der Waals surface area contributed by atoms with E-state index >= 15 is 0 Å². The predicted molar refractivity (Wildman–Crippen MR) is 80.5 cm³/mol. The maximum Gasteiger partial charge on any atom is 0.271 e. The number of aryl methyl sites for hydroxylation is 1. The third-order valence-corrected chi connectivity index (χ3v) is 4.55. The summed E-state index contributed by atoms with van der Waals surface area (Å²) in [6.07, 6.45) is 4.66. The van der Waals surface area contributed by atoms with E-state index in [0.717, 1.165) is 18.5 Å². The highest BCUT2D eigenvalue weighted by atomic mass is 32.2. The molecular weight excluding hydrogens is 288 g/mol. The molecule has 6 heteroatoms. The van der Waals surface area contributed by atoms with Crippen LogP contribution < -0.4 is 10.5 Å². The van der Waals surface area contributed by atoms with Gasteiger partial charge >= 0.3 is 0 Å². The highest BCUT2D eigenvalue weighted by Gasteiger charge is 2.15. The van der Waals surface area contributed by atoms with E-state index in [1.807, 2.05) is 12.1 Å². The van der Waals surface area contributed by atoms with Gasteiger partial charge in [0.25, 0.3) is 10.0 Å². The molecule has 0 saturated heterocycles. The number of sulfonamides is 1. The highest BCUT2D eigenvalue weighted by Crippen LogP contribution is 2.28. The molecule has 1 aliphatic carbocycles. The summed E-state index contributed by atoms with van der Waals surface area (Å²) in [5, 5.41) is 8.15. The minimum atomic E-state index is -3.77. The molecule has 0 saturated carbocycles. The summed E-state index contributed by atoms with van der Waals surface area (Å²) in [7, 11) is -3.77. The number of furan rings is 1. The number of primary sulfonamides is 1. The lowest BCUT2D eigenvalue weighted by atomic mass is 9.90. The summed E-state index contributed by atoms with van der Waals surface area (Å²) in [5.74, 6) is 0.549. The summed E-state index contributed by atoms with van der Waals surface area (Å²) in [4.78, 5) is 0. The first kappa shape index (κ1) is 14.2. The number of fused-ring (bicyclic) bond motifs is 1. The Morgan fingerprint density at radius 3 is 2.71 bits per heavy atom. The van der Waals surface area contributed by atoms with Crippen LogP contribution >= 0.6 is 0 Å². The Morgan fingerprint density at radius 1 is 1.14 bits per heavy atom. The van der Waals surface area contributed by atoms with Gasteiger partial charge in [-0.2, -0.15) is 0 Å². The van der Waals surface area contributed by atoms with Crippen molar-refractivity contribution in [3.05, 3.63) is 47.2 Å². The van der Waals surface area contributed by atoms with E-state index in [9.17, 15) is 8.42 Å². The zero-order valence-electron chi connectivity index (χ0n) is 11.6. The quantitative estimate of drug-likeness (QED) is 0.908. The SMILES string of the molecule is NS(=O)(=O)c1ccc(CNc2cccc3c2CCCC3)o1. The van der Waals surface area contributed by atoms with Gasteiger partial charge in [-0.1, -0.05) is 12.1 Å². The molecule has 0 bridgehead atoms. The standard InChI is InChI=1S/C15H18N2O3S/c16-21(18,19)15-9-8-12(20-15)10-17-14-7-3-5-11-4-1-2-6-13(11)14/h3,5,7-9,17H,1-2,4,6,10H2,(H2,16,18,19). The van der Waals surface area contributed by atoms with Crippen molar-refractivity contribution in [2.45, 2.75) is 37.3 Å². The lowest BCUT2D eigenvalue weighted by molar-refractivity contribution is 0.419. The average molecular weight is 306 g/mol. The first-order valence-corrected chi connectivity index (χ1v) is 8.55. The fourth-order valence-corrected chi connectivity index (χ4v) is 3.22. The molecule has 0 radical (unpaired) electrons. The summed E-state index contributed by atoms with van der Waals surface area (Å²) in [6.45, 7) is 0.436. The van der Waals surface area contributed by atoms with Gasteiger partial charge in [-0.15, -0.1) is 0 Å². The van der Waals surface area contributed by atoms with Crippen molar-refractivity contribution in [1.29, 1.82) is 0 Å². The van der Waals surface area contributed by atoms with Gasteiger partial charge in [-0.25, -0.2) is 13.6 Å². The molecule has 21 heavy (non-hydrogen) atoms. The van der Waals surface area contributed by atoms with E-state index < -0.39 is 10.0 Å². The maximum atomic E-state index is 11.2. The van der Waals surface area contributed by atoms with Gasteiger partial charge in [0.05, 0.1) is 6.54 Å². The van der Waals surface area contributed by atoms with Gasteiger partial charge in [-0.3, -0.25) is 0 Å². The molecule has 1 heterocycles. The van der Waals surface area contributed by atoms with E-state index in [1.165, 1.54) is 30.0 Å². The molecule has 0 atom stereocenters. The molecule has 1 aliphatic rings. The van der Waals surface area contributed by atoms with Crippen LogP contribution in [0.1, 0.15) is 29.7 Å². The van der Waals surface area contributed by atoms with Gasteiger partial charge in [-0.05, 0) is 55.0 Å². The van der Waals surface area contributed by atoms with Crippen LogP contribution in [0.4, 0.5) is 5.69 Å². The number of nitrogens with one attached hydrogen (secondary N) is 1. The van der Waals surface area contributed by atoms with E-state index in [0.29, 0.717) is 12.3 Å². The first-order valence-electron chi connectivity index (χ1n) is 7.00.